The van der Waals surface area contributed by atoms with Crippen molar-refractivity contribution in [1.29, 1.82) is 0 Å². The van der Waals surface area contributed by atoms with Crippen molar-refractivity contribution in [2.45, 2.75) is 46.2 Å². The van der Waals surface area contributed by atoms with Crippen molar-refractivity contribution in [2.24, 2.45) is 11.7 Å². The molecule has 4 nitrogen and oxygen atoms in total. The van der Waals surface area contributed by atoms with Crippen molar-refractivity contribution >= 4 is 24.8 Å². The second-order valence-corrected chi connectivity index (χ2v) is 5.94. The van der Waals surface area contributed by atoms with E-state index in [-0.39, 0.29) is 24.8 Å². The number of hydrogen-bond donors (Lipinski definition) is 1. The Morgan fingerprint density at radius 1 is 1.36 bits per heavy atom. The number of likely N-dealkylation sites (tertiary alicyclic amines) is 1. The highest BCUT2D eigenvalue weighted by Gasteiger charge is 2.28. The molecule has 1 aliphatic heterocycles. The number of nitrogens with zero attached hydrogens (tertiary/aromatic N) is 2. The fourth-order valence-electron chi connectivity index (χ4n) is 3.34. The molecule has 0 saturated carbocycles. The van der Waals surface area contributed by atoms with Crippen molar-refractivity contribution in [2.75, 3.05) is 20.2 Å². The molecule has 0 bridgehead atoms. The molecule has 0 aromatic carbocycles. The van der Waals surface area contributed by atoms with E-state index in [1.54, 1.807) is 7.11 Å². The third-order valence-corrected chi connectivity index (χ3v) is 4.57. The van der Waals surface area contributed by atoms with Gasteiger partial charge in [-0.2, -0.15) is 0 Å². The monoisotopic (exact) mass is 349 g/mol. The summed E-state index contributed by atoms with van der Waals surface area (Å²) in [5, 5.41) is 0. The molecule has 1 aromatic heterocycles. The lowest BCUT2D eigenvalue weighted by Gasteiger charge is -2.39. The molecule has 128 valence electrons. The molecule has 1 saturated heterocycles. The molecule has 1 aromatic rings. The predicted octanol–water partition coefficient (Wildman–Crippen LogP) is 3.11. The van der Waals surface area contributed by atoms with E-state index in [1.807, 2.05) is 13.1 Å². The molecular weight excluding hydrogens is 321 g/mol. The van der Waals surface area contributed by atoms with E-state index in [9.17, 15) is 0 Å². The largest absolute Gasteiger partial charge is 0.496 e. The van der Waals surface area contributed by atoms with Crippen LogP contribution in [0.5, 0.6) is 5.75 Å². The van der Waals surface area contributed by atoms with Gasteiger partial charge in [-0.05, 0) is 39.2 Å². The van der Waals surface area contributed by atoms with Crippen LogP contribution in [0.15, 0.2) is 6.20 Å². The molecule has 2 unspecified atom stereocenters. The van der Waals surface area contributed by atoms with Crippen LogP contribution in [0.1, 0.15) is 36.6 Å². The van der Waals surface area contributed by atoms with Gasteiger partial charge in [0.05, 0.1) is 12.8 Å². The van der Waals surface area contributed by atoms with Gasteiger partial charge < -0.3 is 10.5 Å². The fourth-order valence-corrected chi connectivity index (χ4v) is 3.34. The third-order valence-electron chi connectivity index (χ3n) is 4.57. The highest BCUT2D eigenvalue weighted by atomic mass is 35.5. The molecule has 0 aliphatic carbocycles. The minimum Gasteiger partial charge on any atom is -0.496 e. The molecule has 2 rings (SSSR count). The van der Waals surface area contributed by atoms with Crippen molar-refractivity contribution < 1.29 is 4.74 Å². The number of methoxy groups -OCH3 is 1. The Morgan fingerprint density at radius 2 is 2.05 bits per heavy atom. The number of aryl methyl sites for hydroxylation is 1. The van der Waals surface area contributed by atoms with Gasteiger partial charge in [-0.1, -0.05) is 6.92 Å². The number of piperidine rings is 1. The van der Waals surface area contributed by atoms with Crippen LogP contribution in [0.3, 0.4) is 0 Å². The summed E-state index contributed by atoms with van der Waals surface area (Å²) in [5.74, 6) is 1.63. The van der Waals surface area contributed by atoms with Gasteiger partial charge in [-0.25, -0.2) is 0 Å². The number of pyridine rings is 1. The summed E-state index contributed by atoms with van der Waals surface area (Å²) in [7, 11) is 1.73. The Bertz CT molecular complexity index is 471. The zero-order valence-corrected chi connectivity index (χ0v) is 15.6. The highest BCUT2D eigenvalue weighted by Crippen LogP contribution is 2.28. The van der Waals surface area contributed by atoms with E-state index >= 15 is 0 Å². The molecule has 1 fully saturated rings. The topological polar surface area (TPSA) is 51.4 Å². The summed E-state index contributed by atoms with van der Waals surface area (Å²) in [6.07, 6.45) is 4.44. The Hall–Kier alpha value is -0.550. The molecule has 0 spiro atoms. The lowest BCUT2D eigenvalue weighted by atomic mass is 9.90. The number of nitrogens with two attached hydrogens (primary N) is 1. The summed E-state index contributed by atoms with van der Waals surface area (Å²) in [6, 6.07) is 0.470. The summed E-state index contributed by atoms with van der Waals surface area (Å²) < 4.78 is 5.50. The van der Waals surface area contributed by atoms with Gasteiger partial charge in [-0.15, -0.1) is 24.8 Å². The number of rotatable bonds is 4. The highest BCUT2D eigenvalue weighted by molar-refractivity contribution is 5.85. The fraction of sp³-hybridized carbons (Fsp3) is 0.688. The zero-order chi connectivity index (χ0) is 14.7. The molecule has 1 aliphatic rings. The average molecular weight is 350 g/mol. The Balaban J connectivity index is 0.00000220. The summed E-state index contributed by atoms with van der Waals surface area (Å²) in [6.45, 7) is 9.15. The van der Waals surface area contributed by atoms with Crippen LogP contribution in [-0.4, -0.2) is 36.1 Å². The van der Waals surface area contributed by atoms with E-state index in [1.165, 1.54) is 12.8 Å². The quantitative estimate of drug-likeness (QED) is 0.907. The van der Waals surface area contributed by atoms with Crippen molar-refractivity contribution in [3.63, 3.8) is 0 Å². The van der Waals surface area contributed by atoms with Gasteiger partial charge >= 0.3 is 0 Å². The SMILES string of the molecule is COc1c(C)cnc(CN2CCCC(C)C2CN)c1C.Cl.Cl. The van der Waals surface area contributed by atoms with Gasteiger partial charge in [0.1, 0.15) is 5.75 Å². The van der Waals surface area contributed by atoms with Crippen LogP contribution in [0, 0.1) is 19.8 Å². The number of halogens is 2. The molecule has 0 amide bonds. The second kappa shape index (κ2) is 9.56. The normalized spacial score (nSPS) is 21.7. The molecule has 2 N–H and O–H groups in total. The number of hydrogen-bond acceptors (Lipinski definition) is 4. The Kier molecular flexibility index (Phi) is 9.32. The molecule has 2 atom stereocenters. The maximum Gasteiger partial charge on any atom is 0.128 e. The lowest BCUT2D eigenvalue weighted by molar-refractivity contribution is 0.0974. The molecule has 22 heavy (non-hydrogen) atoms. The summed E-state index contributed by atoms with van der Waals surface area (Å²) in [4.78, 5) is 7.10. The first-order valence-corrected chi connectivity index (χ1v) is 7.51. The van der Waals surface area contributed by atoms with E-state index in [4.69, 9.17) is 10.5 Å². The number of aromatic nitrogens is 1. The van der Waals surface area contributed by atoms with Gasteiger partial charge in [0.15, 0.2) is 0 Å². The maximum absolute atomic E-state index is 5.97. The Morgan fingerprint density at radius 3 is 2.64 bits per heavy atom. The van der Waals surface area contributed by atoms with Crippen LogP contribution < -0.4 is 10.5 Å². The average Bonchev–Trinajstić information content (AvgIpc) is 2.43. The van der Waals surface area contributed by atoms with Crippen LogP contribution in [-0.2, 0) is 6.54 Å². The van der Waals surface area contributed by atoms with Crippen LogP contribution in [0.2, 0.25) is 0 Å². The van der Waals surface area contributed by atoms with E-state index in [0.29, 0.717) is 12.0 Å². The van der Waals surface area contributed by atoms with Crippen molar-refractivity contribution in [3.8, 4) is 5.75 Å². The van der Waals surface area contributed by atoms with E-state index < -0.39 is 0 Å². The molecule has 2 heterocycles. The first-order valence-electron chi connectivity index (χ1n) is 7.51. The molecule has 6 heteroatoms. The van der Waals surface area contributed by atoms with Crippen LogP contribution in [0.25, 0.3) is 0 Å². The van der Waals surface area contributed by atoms with Crippen LogP contribution >= 0.6 is 24.8 Å². The van der Waals surface area contributed by atoms with Crippen molar-refractivity contribution in [1.82, 2.24) is 9.88 Å². The number of ether oxygens (including phenoxy) is 1. The van der Waals surface area contributed by atoms with Crippen LogP contribution in [0.4, 0.5) is 0 Å². The van der Waals surface area contributed by atoms with Crippen molar-refractivity contribution in [3.05, 3.63) is 23.0 Å². The smallest absolute Gasteiger partial charge is 0.128 e. The Labute approximate surface area is 146 Å². The zero-order valence-electron chi connectivity index (χ0n) is 14.0. The minimum absolute atomic E-state index is 0. The van der Waals surface area contributed by atoms with Gasteiger partial charge in [0, 0.05) is 36.5 Å². The van der Waals surface area contributed by atoms with E-state index in [0.717, 1.165) is 42.2 Å². The van der Waals surface area contributed by atoms with Gasteiger partial charge in [-0.3, -0.25) is 9.88 Å². The molecular formula is C16H29Cl2N3O. The summed E-state index contributed by atoms with van der Waals surface area (Å²) >= 11 is 0. The predicted molar refractivity (Wildman–Crippen MR) is 96.4 cm³/mol. The first kappa shape index (κ1) is 21.4. The summed E-state index contributed by atoms with van der Waals surface area (Å²) in [5.41, 5.74) is 9.33. The second-order valence-electron chi connectivity index (χ2n) is 5.94. The van der Waals surface area contributed by atoms with E-state index in [2.05, 4.69) is 23.7 Å². The minimum atomic E-state index is 0. The first-order chi connectivity index (χ1) is 9.58. The molecule has 0 radical (unpaired) electrons. The third kappa shape index (κ3) is 4.48. The standard InChI is InChI=1S/C16H27N3O.2ClH/c1-11-6-5-7-19(15(11)8-17)10-14-13(3)16(20-4)12(2)9-18-14;;/h9,11,15H,5-8,10,17H2,1-4H3;2*1H. The maximum atomic E-state index is 5.97. The van der Waals surface area contributed by atoms with Gasteiger partial charge in [0.2, 0.25) is 0 Å². The van der Waals surface area contributed by atoms with Gasteiger partial charge in [0.25, 0.3) is 0 Å². The lowest BCUT2D eigenvalue weighted by Crippen LogP contribution is -2.48.